The Balaban J connectivity index is 1.97. The molecule has 0 atom stereocenters. The molecule has 0 aromatic heterocycles. The zero-order chi connectivity index (χ0) is 20.6. The van der Waals surface area contributed by atoms with Gasteiger partial charge in [0.25, 0.3) is 5.91 Å². The first-order valence-corrected chi connectivity index (χ1v) is 9.83. The summed E-state index contributed by atoms with van der Waals surface area (Å²) in [6, 6.07) is 13.5. The van der Waals surface area contributed by atoms with Gasteiger partial charge in [0, 0.05) is 17.8 Å². The van der Waals surface area contributed by atoms with Gasteiger partial charge < -0.3 is 20.1 Å². The van der Waals surface area contributed by atoms with Crippen LogP contribution in [0.3, 0.4) is 0 Å². The van der Waals surface area contributed by atoms with Crippen molar-refractivity contribution in [1.29, 1.82) is 0 Å². The van der Waals surface area contributed by atoms with Crippen molar-refractivity contribution >= 4 is 11.6 Å². The molecule has 152 valence electrons. The van der Waals surface area contributed by atoms with Crippen LogP contribution >= 0.6 is 0 Å². The Kier molecular flexibility index (Phi) is 7.88. The summed E-state index contributed by atoms with van der Waals surface area (Å²) in [7, 11) is 0. The van der Waals surface area contributed by atoms with E-state index in [1.807, 2.05) is 56.3 Å². The topological polar surface area (TPSA) is 59.6 Å². The summed E-state index contributed by atoms with van der Waals surface area (Å²) in [5.74, 6) is 1.01. The van der Waals surface area contributed by atoms with Gasteiger partial charge in [-0.2, -0.15) is 0 Å². The minimum atomic E-state index is -0.207. The van der Waals surface area contributed by atoms with Gasteiger partial charge >= 0.3 is 0 Å². The second kappa shape index (κ2) is 10.1. The third-order valence-corrected chi connectivity index (χ3v) is 4.66. The van der Waals surface area contributed by atoms with Gasteiger partial charge in [-0.05, 0) is 63.9 Å². The number of rotatable bonds is 10. The molecule has 5 nitrogen and oxygen atoms in total. The molecule has 0 aliphatic heterocycles. The number of ether oxygens (including phenoxy) is 2. The van der Waals surface area contributed by atoms with Crippen molar-refractivity contribution in [2.75, 3.05) is 18.5 Å². The quantitative estimate of drug-likeness (QED) is 0.624. The van der Waals surface area contributed by atoms with Gasteiger partial charge in [-0.1, -0.05) is 30.7 Å². The summed E-state index contributed by atoms with van der Waals surface area (Å²) < 4.78 is 11.4. The summed E-state index contributed by atoms with van der Waals surface area (Å²) in [5.41, 5.74) is 3.09. The van der Waals surface area contributed by atoms with E-state index in [9.17, 15) is 4.79 Å². The zero-order valence-electron chi connectivity index (χ0n) is 17.6. The molecule has 0 spiro atoms. The summed E-state index contributed by atoms with van der Waals surface area (Å²) in [6.45, 7) is 11.7. The number of anilines is 1. The number of hydrogen-bond acceptors (Lipinski definition) is 4. The minimum Gasteiger partial charge on any atom is -0.490 e. The molecule has 0 heterocycles. The maximum atomic E-state index is 12.2. The van der Waals surface area contributed by atoms with Gasteiger partial charge in [0.05, 0.1) is 6.61 Å². The molecule has 0 fully saturated rings. The summed E-state index contributed by atoms with van der Waals surface area (Å²) in [6.07, 6.45) is 1.04. The SMILES string of the molecule is CCOc1cc(CNC(C)(C)CC)ccc1OCC(=O)Nc1ccc(C)cc1. The minimum absolute atomic E-state index is 0.0750. The molecule has 28 heavy (non-hydrogen) atoms. The van der Waals surface area contributed by atoms with Crippen molar-refractivity contribution in [3.8, 4) is 11.5 Å². The first kappa shape index (κ1) is 21.8. The van der Waals surface area contributed by atoms with E-state index in [1.54, 1.807) is 0 Å². The van der Waals surface area contributed by atoms with Gasteiger partial charge in [0.2, 0.25) is 0 Å². The molecule has 1 amide bonds. The van der Waals surface area contributed by atoms with Crippen molar-refractivity contribution in [1.82, 2.24) is 5.32 Å². The van der Waals surface area contributed by atoms with Crippen molar-refractivity contribution < 1.29 is 14.3 Å². The van der Waals surface area contributed by atoms with E-state index in [-0.39, 0.29) is 18.1 Å². The largest absolute Gasteiger partial charge is 0.490 e. The van der Waals surface area contributed by atoms with Gasteiger partial charge in [-0.15, -0.1) is 0 Å². The summed E-state index contributed by atoms with van der Waals surface area (Å²) in [5, 5.41) is 6.37. The Bertz CT molecular complexity index is 770. The second-order valence-electron chi connectivity index (χ2n) is 7.51. The van der Waals surface area contributed by atoms with Crippen molar-refractivity contribution in [2.45, 2.75) is 53.1 Å². The molecule has 0 saturated heterocycles. The molecule has 2 rings (SSSR count). The first-order valence-electron chi connectivity index (χ1n) is 9.83. The summed E-state index contributed by atoms with van der Waals surface area (Å²) >= 11 is 0. The van der Waals surface area contributed by atoms with Crippen LogP contribution in [0.1, 0.15) is 45.2 Å². The fraction of sp³-hybridized carbons (Fsp3) is 0.435. The van der Waals surface area contributed by atoms with Crippen molar-refractivity contribution in [3.05, 3.63) is 53.6 Å². The van der Waals surface area contributed by atoms with Crippen molar-refractivity contribution in [2.24, 2.45) is 0 Å². The number of hydrogen-bond donors (Lipinski definition) is 2. The zero-order valence-corrected chi connectivity index (χ0v) is 17.6. The number of aryl methyl sites for hydroxylation is 1. The molecular formula is C23H32N2O3. The maximum Gasteiger partial charge on any atom is 0.262 e. The number of carbonyl (C=O) groups is 1. The highest BCUT2D eigenvalue weighted by molar-refractivity contribution is 5.91. The van der Waals surface area contributed by atoms with Crippen LogP contribution in [0.15, 0.2) is 42.5 Å². The highest BCUT2D eigenvalue weighted by atomic mass is 16.5. The van der Waals surface area contributed by atoms with Crippen LogP contribution in [-0.2, 0) is 11.3 Å². The van der Waals surface area contributed by atoms with E-state index in [0.717, 1.165) is 29.8 Å². The molecule has 0 saturated carbocycles. The van der Waals surface area contributed by atoms with E-state index < -0.39 is 0 Å². The molecule has 2 N–H and O–H groups in total. The first-order chi connectivity index (χ1) is 13.3. The molecule has 2 aromatic rings. The third kappa shape index (κ3) is 6.89. The van der Waals surface area contributed by atoms with Crippen LogP contribution in [0.25, 0.3) is 0 Å². The maximum absolute atomic E-state index is 12.2. The van der Waals surface area contributed by atoms with Crippen LogP contribution in [-0.4, -0.2) is 24.7 Å². The molecule has 2 aromatic carbocycles. The van der Waals surface area contributed by atoms with E-state index >= 15 is 0 Å². The Morgan fingerprint density at radius 3 is 2.36 bits per heavy atom. The average Bonchev–Trinajstić information content (AvgIpc) is 2.68. The number of benzene rings is 2. The van der Waals surface area contributed by atoms with Gasteiger partial charge in [0.15, 0.2) is 18.1 Å². The van der Waals surface area contributed by atoms with Crippen LogP contribution in [0.4, 0.5) is 5.69 Å². The smallest absolute Gasteiger partial charge is 0.262 e. The third-order valence-electron chi connectivity index (χ3n) is 4.66. The lowest BCUT2D eigenvalue weighted by Crippen LogP contribution is -2.37. The van der Waals surface area contributed by atoms with Crippen LogP contribution < -0.4 is 20.1 Å². The van der Waals surface area contributed by atoms with Crippen molar-refractivity contribution in [3.63, 3.8) is 0 Å². The summed E-state index contributed by atoms with van der Waals surface area (Å²) in [4.78, 5) is 12.2. The Labute approximate surface area is 168 Å². The number of amides is 1. The lowest BCUT2D eigenvalue weighted by Gasteiger charge is -2.25. The molecular weight excluding hydrogens is 352 g/mol. The van der Waals surface area contributed by atoms with Gasteiger partial charge in [-0.3, -0.25) is 4.79 Å². The predicted octanol–water partition coefficient (Wildman–Crippen LogP) is 4.69. The number of nitrogens with one attached hydrogen (secondary N) is 2. The molecule has 0 radical (unpaired) electrons. The highest BCUT2D eigenvalue weighted by Crippen LogP contribution is 2.29. The van der Waals surface area contributed by atoms with E-state index in [2.05, 4.69) is 31.4 Å². The van der Waals surface area contributed by atoms with E-state index in [1.165, 1.54) is 0 Å². The highest BCUT2D eigenvalue weighted by Gasteiger charge is 2.15. The van der Waals surface area contributed by atoms with Crippen LogP contribution in [0, 0.1) is 6.92 Å². The Hall–Kier alpha value is -2.53. The molecule has 0 aliphatic rings. The van der Waals surface area contributed by atoms with Crippen LogP contribution in [0.5, 0.6) is 11.5 Å². The standard InChI is InChI=1S/C23H32N2O3/c1-6-23(4,5)24-15-18-10-13-20(21(14-18)27-7-2)28-16-22(26)25-19-11-8-17(3)9-12-19/h8-14,24H,6-7,15-16H2,1-5H3,(H,25,26). The normalized spacial score (nSPS) is 11.2. The Morgan fingerprint density at radius 2 is 1.71 bits per heavy atom. The molecule has 0 aliphatic carbocycles. The molecule has 0 unspecified atom stereocenters. The average molecular weight is 385 g/mol. The van der Waals surface area contributed by atoms with E-state index in [4.69, 9.17) is 9.47 Å². The fourth-order valence-electron chi connectivity index (χ4n) is 2.49. The predicted molar refractivity (Wildman–Crippen MR) is 114 cm³/mol. The van der Waals surface area contributed by atoms with Gasteiger partial charge in [0.1, 0.15) is 0 Å². The van der Waals surface area contributed by atoms with E-state index in [0.29, 0.717) is 18.1 Å². The fourth-order valence-corrected chi connectivity index (χ4v) is 2.49. The second-order valence-corrected chi connectivity index (χ2v) is 7.51. The Morgan fingerprint density at radius 1 is 1.00 bits per heavy atom. The molecule has 0 bridgehead atoms. The number of carbonyl (C=O) groups excluding carboxylic acids is 1. The monoisotopic (exact) mass is 384 g/mol. The lowest BCUT2D eigenvalue weighted by molar-refractivity contribution is -0.118. The van der Waals surface area contributed by atoms with Gasteiger partial charge in [-0.25, -0.2) is 0 Å². The van der Waals surface area contributed by atoms with Crippen LogP contribution in [0.2, 0.25) is 0 Å². The lowest BCUT2D eigenvalue weighted by atomic mass is 10.0. The molecule has 5 heteroatoms.